The molecule has 1 aromatic carbocycles. The molecule has 1 amide bonds. The number of morpholine rings is 1. The van der Waals surface area contributed by atoms with E-state index in [9.17, 15) is 4.79 Å². The average Bonchev–Trinajstić information content (AvgIpc) is 2.57. The van der Waals surface area contributed by atoms with Crippen LogP contribution in [-0.4, -0.2) is 57.6 Å². The van der Waals surface area contributed by atoms with Crippen LogP contribution in [0, 0.1) is 0 Å². The summed E-state index contributed by atoms with van der Waals surface area (Å²) < 4.78 is 15.6. The van der Waals surface area contributed by atoms with Crippen LogP contribution in [-0.2, 0) is 9.47 Å². The van der Waals surface area contributed by atoms with E-state index in [4.69, 9.17) is 14.2 Å². The summed E-state index contributed by atoms with van der Waals surface area (Å²) >= 11 is 0. The number of carbonyl (C=O) groups is 1. The molecule has 0 spiro atoms. The summed E-state index contributed by atoms with van der Waals surface area (Å²) in [6.45, 7) is 5.80. The highest BCUT2D eigenvalue weighted by atomic mass is 16.5. The number of hydrogen-bond acceptors (Lipinski definition) is 5. The van der Waals surface area contributed by atoms with Gasteiger partial charge in [0, 0.05) is 19.6 Å². The number of amides is 1. The second kappa shape index (κ2) is 8.60. The quantitative estimate of drug-likeness (QED) is 0.868. The lowest BCUT2D eigenvalue weighted by Crippen LogP contribution is -2.43. The summed E-state index contributed by atoms with van der Waals surface area (Å²) in [6.07, 6.45) is -0.380. The molecule has 2 rings (SSSR count). The van der Waals surface area contributed by atoms with Gasteiger partial charge >= 0.3 is 6.09 Å². The molecule has 0 aliphatic carbocycles. The molecule has 1 atom stereocenters. The Hall–Kier alpha value is -1.79. The fraction of sp³-hybridized carbons (Fsp3) is 0.562. The largest absolute Gasteiger partial charge is 0.497 e. The van der Waals surface area contributed by atoms with E-state index in [-0.39, 0.29) is 12.1 Å². The van der Waals surface area contributed by atoms with E-state index >= 15 is 0 Å². The molecule has 1 fully saturated rings. The lowest BCUT2D eigenvalue weighted by Gasteiger charge is -2.34. The van der Waals surface area contributed by atoms with Crippen LogP contribution in [0.2, 0.25) is 0 Å². The van der Waals surface area contributed by atoms with Gasteiger partial charge in [0.25, 0.3) is 0 Å². The molecule has 0 saturated carbocycles. The number of benzene rings is 1. The highest BCUT2D eigenvalue weighted by molar-refractivity contribution is 5.67. The average molecular weight is 308 g/mol. The molecule has 0 radical (unpaired) electrons. The number of nitrogens with zero attached hydrogens (tertiary/aromatic N) is 1. The lowest BCUT2D eigenvalue weighted by atomic mass is 10.0. The summed E-state index contributed by atoms with van der Waals surface area (Å²) in [5.74, 6) is 0.822. The smallest absolute Gasteiger partial charge is 0.407 e. The first-order chi connectivity index (χ1) is 10.7. The number of rotatable bonds is 6. The molecule has 6 nitrogen and oxygen atoms in total. The van der Waals surface area contributed by atoms with Gasteiger partial charge in [-0.05, 0) is 24.6 Å². The van der Waals surface area contributed by atoms with Gasteiger partial charge in [0.2, 0.25) is 0 Å². The Kier molecular flexibility index (Phi) is 6.48. The zero-order valence-corrected chi connectivity index (χ0v) is 13.2. The van der Waals surface area contributed by atoms with Crippen LogP contribution in [0.5, 0.6) is 5.75 Å². The van der Waals surface area contributed by atoms with Crippen molar-refractivity contribution in [2.24, 2.45) is 0 Å². The van der Waals surface area contributed by atoms with Gasteiger partial charge in [0.1, 0.15) is 5.75 Å². The molecule has 122 valence electrons. The third kappa shape index (κ3) is 4.61. The number of methoxy groups -OCH3 is 1. The third-order valence-corrected chi connectivity index (χ3v) is 3.70. The molecule has 1 heterocycles. The van der Waals surface area contributed by atoms with Crippen molar-refractivity contribution in [3.05, 3.63) is 29.8 Å². The molecule has 0 bridgehead atoms. The SMILES string of the molecule is CCOC(=O)NCC(c1ccc(OC)cc1)N1CCOCC1. The molecular formula is C16H24N2O4. The van der Waals surface area contributed by atoms with E-state index in [1.807, 2.05) is 24.3 Å². The molecule has 1 unspecified atom stereocenters. The molecule has 1 aromatic rings. The van der Waals surface area contributed by atoms with Crippen molar-refractivity contribution in [1.82, 2.24) is 10.2 Å². The Labute approximate surface area is 131 Å². The van der Waals surface area contributed by atoms with Crippen LogP contribution in [0.15, 0.2) is 24.3 Å². The predicted molar refractivity (Wildman–Crippen MR) is 83.2 cm³/mol. The number of carbonyl (C=O) groups excluding carboxylic acids is 1. The van der Waals surface area contributed by atoms with Crippen molar-refractivity contribution in [2.75, 3.05) is 46.6 Å². The van der Waals surface area contributed by atoms with E-state index in [1.54, 1.807) is 14.0 Å². The minimum absolute atomic E-state index is 0.0965. The van der Waals surface area contributed by atoms with Crippen molar-refractivity contribution < 1.29 is 19.0 Å². The van der Waals surface area contributed by atoms with Crippen molar-refractivity contribution in [1.29, 1.82) is 0 Å². The maximum absolute atomic E-state index is 11.6. The normalized spacial score (nSPS) is 16.8. The van der Waals surface area contributed by atoms with Gasteiger partial charge < -0.3 is 19.5 Å². The summed E-state index contributed by atoms with van der Waals surface area (Å²) in [6, 6.07) is 8.04. The van der Waals surface area contributed by atoms with Crippen molar-refractivity contribution in [3.63, 3.8) is 0 Å². The second-order valence-corrected chi connectivity index (χ2v) is 5.04. The van der Waals surface area contributed by atoms with E-state index in [1.165, 1.54) is 0 Å². The fourth-order valence-corrected chi connectivity index (χ4v) is 2.54. The van der Waals surface area contributed by atoms with E-state index < -0.39 is 0 Å². The molecule has 6 heteroatoms. The summed E-state index contributed by atoms with van der Waals surface area (Å²) in [7, 11) is 1.65. The zero-order chi connectivity index (χ0) is 15.8. The van der Waals surface area contributed by atoms with Crippen LogP contribution >= 0.6 is 0 Å². The van der Waals surface area contributed by atoms with Crippen LogP contribution < -0.4 is 10.1 Å². The lowest BCUT2D eigenvalue weighted by molar-refractivity contribution is 0.0161. The first-order valence-electron chi connectivity index (χ1n) is 7.61. The molecule has 0 aromatic heterocycles. The van der Waals surface area contributed by atoms with Crippen LogP contribution in [0.4, 0.5) is 4.79 Å². The molecule has 1 saturated heterocycles. The van der Waals surface area contributed by atoms with Crippen molar-refractivity contribution in [3.8, 4) is 5.75 Å². The van der Waals surface area contributed by atoms with Crippen LogP contribution in [0.3, 0.4) is 0 Å². The van der Waals surface area contributed by atoms with Gasteiger partial charge in [-0.2, -0.15) is 0 Å². The minimum Gasteiger partial charge on any atom is -0.497 e. The first-order valence-corrected chi connectivity index (χ1v) is 7.61. The molecular weight excluding hydrogens is 284 g/mol. The maximum atomic E-state index is 11.6. The highest BCUT2D eigenvalue weighted by Crippen LogP contribution is 2.23. The minimum atomic E-state index is -0.380. The monoisotopic (exact) mass is 308 g/mol. The molecule has 1 N–H and O–H groups in total. The summed E-state index contributed by atoms with van der Waals surface area (Å²) in [4.78, 5) is 13.9. The zero-order valence-electron chi connectivity index (χ0n) is 13.2. The van der Waals surface area contributed by atoms with Gasteiger partial charge in [0.15, 0.2) is 0 Å². The van der Waals surface area contributed by atoms with Gasteiger partial charge in [0.05, 0.1) is 33.0 Å². The number of ether oxygens (including phenoxy) is 3. The maximum Gasteiger partial charge on any atom is 0.407 e. The standard InChI is InChI=1S/C16H24N2O4/c1-3-22-16(19)17-12-15(18-8-10-21-11-9-18)13-4-6-14(20-2)7-5-13/h4-7,15H,3,8-12H2,1-2H3,(H,17,19). The van der Waals surface area contributed by atoms with E-state index in [2.05, 4.69) is 10.2 Å². The van der Waals surface area contributed by atoms with Crippen LogP contribution in [0.25, 0.3) is 0 Å². The summed E-state index contributed by atoms with van der Waals surface area (Å²) in [5.41, 5.74) is 1.14. The Bertz CT molecular complexity index is 458. The number of alkyl carbamates (subject to hydrolysis) is 1. The Morgan fingerprint density at radius 2 is 2.00 bits per heavy atom. The third-order valence-electron chi connectivity index (χ3n) is 3.70. The molecule has 1 aliphatic rings. The Morgan fingerprint density at radius 3 is 2.59 bits per heavy atom. The number of hydrogen-bond donors (Lipinski definition) is 1. The number of nitrogens with one attached hydrogen (secondary N) is 1. The summed E-state index contributed by atoms with van der Waals surface area (Å²) in [5, 5.41) is 2.83. The molecule has 22 heavy (non-hydrogen) atoms. The molecule has 1 aliphatic heterocycles. The van der Waals surface area contributed by atoms with Crippen molar-refractivity contribution >= 4 is 6.09 Å². The Morgan fingerprint density at radius 1 is 1.32 bits per heavy atom. The van der Waals surface area contributed by atoms with E-state index in [0.29, 0.717) is 26.4 Å². The highest BCUT2D eigenvalue weighted by Gasteiger charge is 2.23. The predicted octanol–water partition coefficient (Wildman–Crippen LogP) is 1.81. The van der Waals surface area contributed by atoms with Gasteiger partial charge in [-0.15, -0.1) is 0 Å². The van der Waals surface area contributed by atoms with Crippen LogP contribution in [0.1, 0.15) is 18.5 Å². The van der Waals surface area contributed by atoms with Crippen molar-refractivity contribution in [2.45, 2.75) is 13.0 Å². The van der Waals surface area contributed by atoms with Gasteiger partial charge in [-0.3, -0.25) is 4.90 Å². The van der Waals surface area contributed by atoms with Gasteiger partial charge in [-0.25, -0.2) is 4.79 Å². The first kappa shape index (κ1) is 16.6. The van der Waals surface area contributed by atoms with Gasteiger partial charge in [-0.1, -0.05) is 12.1 Å². The Balaban J connectivity index is 2.07. The second-order valence-electron chi connectivity index (χ2n) is 5.04. The fourth-order valence-electron chi connectivity index (χ4n) is 2.54. The van der Waals surface area contributed by atoms with E-state index in [0.717, 1.165) is 24.4 Å². The topological polar surface area (TPSA) is 60.0 Å².